The van der Waals surface area contributed by atoms with Crippen LogP contribution in [-0.4, -0.2) is 43.9 Å². The molecule has 0 saturated heterocycles. The molecule has 0 bridgehead atoms. The molecule has 0 saturated carbocycles. The molecule has 3 N–H and O–H groups in total. The van der Waals surface area contributed by atoms with Crippen LogP contribution in [0.1, 0.15) is 6.92 Å². The third kappa shape index (κ3) is 2.95. The van der Waals surface area contributed by atoms with Crippen molar-refractivity contribution >= 4 is 11.6 Å². The Morgan fingerprint density at radius 1 is 1.47 bits per heavy atom. The van der Waals surface area contributed by atoms with Crippen molar-refractivity contribution in [3.8, 4) is 5.75 Å². The van der Waals surface area contributed by atoms with E-state index in [1.807, 2.05) is 18.9 Å². The van der Waals surface area contributed by atoms with Gasteiger partial charge in [-0.2, -0.15) is 0 Å². The van der Waals surface area contributed by atoms with E-state index in [1.165, 1.54) is 6.33 Å². The molecule has 7 heteroatoms. The van der Waals surface area contributed by atoms with Gasteiger partial charge < -0.3 is 19.8 Å². The summed E-state index contributed by atoms with van der Waals surface area (Å²) in [4.78, 5) is 10.1. The molecule has 0 aliphatic carbocycles. The Labute approximate surface area is 101 Å². The van der Waals surface area contributed by atoms with Crippen LogP contribution in [0.5, 0.6) is 5.75 Å². The minimum absolute atomic E-state index is 0.162. The summed E-state index contributed by atoms with van der Waals surface area (Å²) in [5.41, 5.74) is 2.48. The van der Waals surface area contributed by atoms with Crippen LogP contribution in [0.25, 0.3) is 0 Å². The van der Waals surface area contributed by atoms with E-state index in [4.69, 9.17) is 15.3 Å². The number of methoxy groups -OCH3 is 2. The van der Waals surface area contributed by atoms with Crippen LogP contribution in [0, 0.1) is 0 Å². The molecule has 0 spiro atoms. The zero-order chi connectivity index (χ0) is 12.8. The van der Waals surface area contributed by atoms with Gasteiger partial charge in [0.15, 0.2) is 11.6 Å². The number of nitrogens with zero attached hydrogens (tertiary/aromatic N) is 3. The topological polar surface area (TPSA) is 85.5 Å². The van der Waals surface area contributed by atoms with Crippen LogP contribution in [-0.2, 0) is 4.74 Å². The van der Waals surface area contributed by atoms with Gasteiger partial charge in [-0.05, 0) is 6.92 Å². The van der Waals surface area contributed by atoms with E-state index < -0.39 is 0 Å². The third-order valence-electron chi connectivity index (χ3n) is 2.53. The van der Waals surface area contributed by atoms with Crippen molar-refractivity contribution < 1.29 is 9.47 Å². The van der Waals surface area contributed by atoms with Crippen molar-refractivity contribution in [2.45, 2.75) is 13.0 Å². The lowest BCUT2D eigenvalue weighted by atomic mass is 10.3. The summed E-state index contributed by atoms with van der Waals surface area (Å²) in [5, 5.41) is 0. The van der Waals surface area contributed by atoms with Gasteiger partial charge in [-0.25, -0.2) is 15.8 Å². The first-order chi connectivity index (χ1) is 8.15. The molecule has 1 heterocycles. The van der Waals surface area contributed by atoms with Crippen molar-refractivity contribution in [1.29, 1.82) is 0 Å². The molecular weight excluding hydrogens is 222 g/mol. The number of nitrogens with one attached hydrogen (secondary N) is 1. The number of hydrogen-bond donors (Lipinski definition) is 2. The van der Waals surface area contributed by atoms with Gasteiger partial charge in [0, 0.05) is 14.2 Å². The van der Waals surface area contributed by atoms with Crippen LogP contribution in [0.15, 0.2) is 6.33 Å². The quantitative estimate of drug-likeness (QED) is 0.545. The van der Waals surface area contributed by atoms with E-state index in [2.05, 4.69) is 15.4 Å². The number of ether oxygens (including phenoxy) is 2. The maximum Gasteiger partial charge on any atom is 0.205 e. The Bertz CT molecular complexity index is 361. The summed E-state index contributed by atoms with van der Waals surface area (Å²) in [5.74, 6) is 7.00. The largest absolute Gasteiger partial charge is 0.490 e. The lowest BCUT2D eigenvalue weighted by Gasteiger charge is -2.26. The second-order valence-corrected chi connectivity index (χ2v) is 3.64. The summed E-state index contributed by atoms with van der Waals surface area (Å²) >= 11 is 0. The van der Waals surface area contributed by atoms with Crippen molar-refractivity contribution in [2.75, 3.05) is 38.2 Å². The van der Waals surface area contributed by atoms with Crippen molar-refractivity contribution in [1.82, 2.24) is 9.97 Å². The number of hydrogen-bond acceptors (Lipinski definition) is 7. The van der Waals surface area contributed by atoms with E-state index in [0.29, 0.717) is 24.0 Å². The Morgan fingerprint density at radius 2 is 2.18 bits per heavy atom. The van der Waals surface area contributed by atoms with Gasteiger partial charge in [0.05, 0.1) is 19.8 Å². The highest BCUT2D eigenvalue weighted by Gasteiger charge is 2.18. The molecule has 0 aliphatic heterocycles. The molecule has 1 aromatic rings. The van der Waals surface area contributed by atoms with Gasteiger partial charge in [0.1, 0.15) is 6.33 Å². The van der Waals surface area contributed by atoms with Crippen LogP contribution < -0.4 is 20.9 Å². The van der Waals surface area contributed by atoms with Gasteiger partial charge in [0.2, 0.25) is 5.75 Å². The molecule has 1 unspecified atom stereocenters. The Hall–Kier alpha value is -1.60. The van der Waals surface area contributed by atoms with Gasteiger partial charge in [-0.15, -0.1) is 0 Å². The van der Waals surface area contributed by atoms with E-state index in [1.54, 1.807) is 14.2 Å². The first-order valence-corrected chi connectivity index (χ1v) is 5.23. The molecule has 17 heavy (non-hydrogen) atoms. The number of nitrogen functional groups attached to an aromatic ring is 1. The van der Waals surface area contributed by atoms with Gasteiger partial charge in [0.25, 0.3) is 0 Å². The molecule has 1 rings (SSSR count). The highest BCUT2D eigenvalue weighted by molar-refractivity contribution is 5.64. The second kappa shape index (κ2) is 6.21. The van der Waals surface area contributed by atoms with Crippen molar-refractivity contribution in [3.63, 3.8) is 0 Å². The molecule has 0 fully saturated rings. The monoisotopic (exact) mass is 241 g/mol. The number of nitrogens with two attached hydrogens (primary N) is 1. The summed E-state index contributed by atoms with van der Waals surface area (Å²) in [6.07, 6.45) is 1.43. The Morgan fingerprint density at radius 3 is 2.71 bits per heavy atom. The molecule has 7 nitrogen and oxygen atoms in total. The highest BCUT2D eigenvalue weighted by atomic mass is 16.5. The van der Waals surface area contributed by atoms with E-state index >= 15 is 0 Å². The molecule has 96 valence electrons. The van der Waals surface area contributed by atoms with E-state index in [-0.39, 0.29) is 6.04 Å². The summed E-state index contributed by atoms with van der Waals surface area (Å²) in [6, 6.07) is 0.162. The molecule has 0 aliphatic rings. The molecule has 0 amide bonds. The second-order valence-electron chi connectivity index (χ2n) is 3.64. The zero-order valence-corrected chi connectivity index (χ0v) is 10.6. The SMILES string of the molecule is COCC(C)N(C)c1ncnc(NN)c1OC. The van der Waals surface area contributed by atoms with Gasteiger partial charge in [-0.3, -0.25) is 0 Å². The predicted molar refractivity (Wildman–Crippen MR) is 66.1 cm³/mol. The van der Waals surface area contributed by atoms with Gasteiger partial charge in [-0.1, -0.05) is 0 Å². The predicted octanol–water partition coefficient (Wildman–Crippen LogP) is 0.242. The van der Waals surface area contributed by atoms with Crippen LogP contribution >= 0.6 is 0 Å². The van der Waals surface area contributed by atoms with Gasteiger partial charge >= 0.3 is 0 Å². The number of rotatable bonds is 6. The lowest BCUT2D eigenvalue weighted by Crippen LogP contribution is -2.33. The summed E-state index contributed by atoms with van der Waals surface area (Å²) in [7, 11) is 5.13. The molecule has 0 radical (unpaired) electrons. The number of likely N-dealkylation sites (N-methyl/N-ethyl adjacent to an activating group) is 1. The molecule has 1 atom stereocenters. The van der Waals surface area contributed by atoms with Crippen LogP contribution in [0.3, 0.4) is 0 Å². The third-order valence-corrected chi connectivity index (χ3v) is 2.53. The minimum atomic E-state index is 0.162. The van der Waals surface area contributed by atoms with Crippen LogP contribution in [0.4, 0.5) is 11.6 Å². The van der Waals surface area contributed by atoms with Crippen molar-refractivity contribution in [2.24, 2.45) is 5.84 Å². The fraction of sp³-hybridized carbons (Fsp3) is 0.600. The normalized spacial score (nSPS) is 12.1. The number of aromatic nitrogens is 2. The molecule has 0 aromatic carbocycles. The number of hydrazine groups is 1. The standard InChI is InChI=1S/C10H19N5O2/c1-7(5-16-3)15(2)10-8(17-4)9(14-11)12-6-13-10/h6-7H,5,11H2,1-4H3,(H,12,13,14). The highest BCUT2D eigenvalue weighted by Crippen LogP contribution is 2.31. The fourth-order valence-electron chi connectivity index (χ4n) is 1.47. The Kier molecular flexibility index (Phi) is 4.92. The van der Waals surface area contributed by atoms with Crippen molar-refractivity contribution in [3.05, 3.63) is 6.33 Å². The first kappa shape index (κ1) is 13.5. The smallest absolute Gasteiger partial charge is 0.205 e. The lowest BCUT2D eigenvalue weighted by molar-refractivity contribution is 0.183. The maximum absolute atomic E-state index is 5.37. The van der Waals surface area contributed by atoms with E-state index in [9.17, 15) is 0 Å². The summed E-state index contributed by atoms with van der Waals surface area (Å²) in [6.45, 7) is 2.62. The average Bonchev–Trinajstić information content (AvgIpc) is 2.36. The summed E-state index contributed by atoms with van der Waals surface area (Å²) < 4.78 is 10.4. The minimum Gasteiger partial charge on any atom is -0.490 e. The number of anilines is 2. The average molecular weight is 241 g/mol. The first-order valence-electron chi connectivity index (χ1n) is 5.23. The Balaban J connectivity index is 3.03. The zero-order valence-electron chi connectivity index (χ0n) is 10.6. The van der Waals surface area contributed by atoms with E-state index in [0.717, 1.165) is 0 Å². The molecular formula is C10H19N5O2. The van der Waals surface area contributed by atoms with Crippen LogP contribution in [0.2, 0.25) is 0 Å². The maximum atomic E-state index is 5.37. The fourth-order valence-corrected chi connectivity index (χ4v) is 1.47. The molecule has 1 aromatic heterocycles.